The molecule has 2 rings (SSSR count). The van der Waals surface area contributed by atoms with Gasteiger partial charge in [0.2, 0.25) is 0 Å². The van der Waals surface area contributed by atoms with Crippen LogP contribution in [0.5, 0.6) is 0 Å². The van der Waals surface area contributed by atoms with E-state index in [0.717, 1.165) is 31.4 Å². The zero-order chi connectivity index (χ0) is 11.5. The fourth-order valence-corrected chi connectivity index (χ4v) is 2.56. The molecule has 0 radical (unpaired) electrons. The van der Waals surface area contributed by atoms with Gasteiger partial charge in [0.05, 0.1) is 0 Å². The summed E-state index contributed by atoms with van der Waals surface area (Å²) in [6.45, 7) is 3.66. The monoisotopic (exact) mass is 220 g/mol. The van der Waals surface area contributed by atoms with Gasteiger partial charge in [-0.25, -0.2) is 0 Å². The van der Waals surface area contributed by atoms with Crippen LogP contribution in [0.25, 0.3) is 0 Å². The zero-order valence-electron chi connectivity index (χ0n) is 10.2. The molecular formula is C13H20N2O. The van der Waals surface area contributed by atoms with Crippen LogP contribution in [0.4, 0.5) is 0 Å². The number of pyridine rings is 1. The maximum absolute atomic E-state index is 12.2. The summed E-state index contributed by atoms with van der Waals surface area (Å²) in [4.78, 5) is 12.2. The molecule has 0 bridgehead atoms. The number of hydrogen-bond acceptors (Lipinski definition) is 2. The van der Waals surface area contributed by atoms with Gasteiger partial charge in [-0.05, 0) is 44.4 Å². The van der Waals surface area contributed by atoms with Crippen LogP contribution in [0.2, 0.25) is 0 Å². The van der Waals surface area contributed by atoms with E-state index in [0.29, 0.717) is 6.54 Å². The van der Waals surface area contributed by atoms with Crippen molar-refractivity contribution in [2.24, 2.45) is 0 Å². The number of hydrogen-bond donors (Lipinski definition) is 1. The Morgan fingerprint density at radius 2 is 2.25 bits per heavy atom. The maximum Gasteiger partial charge on any atom is 0.255 e. The maximum atomic E-state index is 12.2. The van der Waals surface area contributed by atoms with E-state index in [9.17, 15) is 4.79 Å². The Hall–Kier alpha value is -1.09. The molecule has 1 aliphatic rings. The van der Waals surface area contributed by atoms with Crippen molar-refractivity contribution in [2.75, 3.05) is 7.05 Å². The lowest BCUT2D eigenvalue weighted by molar-refractivity contribution is 0.613. The lowest BCUT2D eigenvalue weighted by Crippen LogP contribution is -2.29. The van der Waals surface area contributed by atoms with Crippen LogP contribution < -0.4 is 10.9 Å². The zero-order valence-corrected chi connectivity index (χ0v) is 10.2. The second-order valence-corrected chi connectivity index (χ2v) is 4.48. The number of aromatic nitrogens is 1. The minimum Gasteiger partial charge on any atom is -0.315 e. The van der Waals surface area contributed by atoms with Crippen molar-refractivity contribution in [3.05, 3.63) is 33.2 Å². The van der Waals surface area contributed by atoms with Crippen LogP contribution in [0.15, 0.2) is 10.9 Å². The molecule has 0 unspecified atom stereocenters. The van der Waals surface area contributed by atoms with Crippen molar-refractivity contribution in [2.45, 2.75) is 45.7 Å². The highest BCUT2D eigenvalue weighted by molar-refractivity contribution is 5.30. The summed E-state index contributed by atoms with van der Waals surface area (Å²) in [5, 5.41) is 3.07. The predicted molar refractivity (Wildman–Crippen MR) is 65.8 cm³/mol. The second kappa shape index (κ2) is 4.83. The predicted octanol–water partition coefficient (Wildman–Crippen LogP) is 1.47. The van der Waals surface area contributed by atoms with Gasteiger partial charge in [-0.15, -0.1) is 0 Å². The molecule has 0 saturated heterocycles. The number of aryl methyl sites for hydroxylation is 1. The molecule has 1 N–H and O–H groups in total. The van der Waals surface area contributed by atoms with Crippen molar-refractivity contribution < 1.29 is 0 Å². The number of rotatable bonds is 4. The molecule has 0 aromatic carbocycles. The molecule has 3 heteroatoms. The van der Waals surface area contributed by atoms with Gasteiger partial charge >= 0.3 is 0 Å². The van der Waals surface area contributed by atoms with Crippen LogP contribution in [-0.4, -0.2) is 11.6 Å². The Balaban J connectivity index is 2.51. The Morgan fingerprint density at radius 1 is 1.44 bits per heavy atom. The van der Waals surface area contributed by atoms with Gasteiger partial charge in [-0.3, -0.25) is 4.79 Å². The molecule has 1 aromatic heterocycles. The molecule has 0 spiro atoms. The van der Waals surface area contributed by atoms with Gasteiger partial charge in [-0.1, -0.05) is 6.92 Å². The summed E-state index contributed by atoms with van der Waals surface area (Å²) < 4.78 is 2.00. The van der Waals surface area contributed by atoms with Crippen LogP contribution in [0.1, 0.15) is 36.6 Å². The Labute approximate surface area is 96.5 Å². The minimum absolute atomic E-state index is 0.205. The van der Waals surface area contributed by atoms with E-state index >= 15 is 0 Å². The van der Waals surface area contributed by atoms with Crippen LogP contribution in [0, 0.1) is 0 Å². The van der Waals surface area contributed by atoms with Gasteiger partial charge in [0.1, 0.15) is 0 Å². The summed E-state index contributed by atoms with van der Waals surface area (Å²) in [6, 6.07) is 2.10. The molecule has 88 valence electrons. The van der Waals surface area contributed by atoms with E-state index in [-0.39, 0.29) is 5.56 Å². The highest BCUT2D eigenvalue weighted by atomic mass is 16.1. The molecule has 1 heterocycles. The van der Waals surface area contributed by atoms with Gasteiger partial charge in [-0.2, -0.15) is 0 Å². The van der Waals surface area contributed by atoms with Crippen molar-refractivity contribution in [1.29, 1.82) is 0 Å². The van der Waals surface area contributed by atoms with Crippen LogP contribution in [0.3, 0.4) is 0 Å². The number of nitrogens with zero attached hydrogens (tertiary/aromatic N) is 1. The van der Waals surface area contributed by atoms with Crippen molar-refractivity contribution in [3.8, 4) is 0 Å². The Bertz CT molecular complexity index is 434. The molecule has 16 heavy (non-hydrogen) atoms. The fraction of sp³-hybridized carbons (Fsp3) is 0.615. The smallest absolute Gasteiger partial charge is 0.255 e. The second-order valence-electron chi connectivity index (χ2n) is 4.48. The molecular weight excluding hydrogens is 200 g/mol. The van der Waals surface area contributed by atoms with Crippen molar-refractivity contribution >= 4 is 0 Å². The molecule has 0 amide bonds. The quantitative estimate of drug-likeness (QED) is 0.833. The Morgan fingerprint density at radius 3 is 2.94 bits per heavy atom. The van der Waals surface area contributed by atoms with E-state index in [1.54, 1.807) is 0 Å². The average molecular weight is 220 g/mol. The lowest BCUT2D eigenvalue weighted by atomic mass is 10.1. The molecule has 0 atom stereocenters. The summed E-state index contributed by atoms with van der Waals surface area (Å²) in [7, 11) is 1.89. The van der Waals surface area contributed by atoms with E-state index in [1.807, 2.05) is 11.6 Å². The van der Waals surface area contributed by atoms with Gasteiger partial charge < -0.3 is 9.88 Å². The first-order valence-corrected chi connectivity index (χ1v) is 6.17. The molecule has 1 aliphatic carbocycles. The summed E-state index contributed by atoms with van der Waals surface area (Å²) >= 11 is 0. The SMILES string of the molecule is CCCn1c2c(cc(CNC)c1=O)CCC2. The van der Waals surface area contributed by atoms with Gasteiger partial charge in [0.15, 0.2) is 0 Å². The highest BCUT2D eigenvalue weighted by Crippen LogP contribution is 2.21. The third-order valence-electron chi connectivity index (χ3n) is 3.24. The molecule has 0 aliphatic heterocycles. The third-order valence-corrected chi connectivity index (χ3v) is 3.24. The van der Waals surface area contributed by atoms with E-state index < -0.39 is 0 Å². The third kappa shape index (κ3) is 1.92. The van der Waals surface area contributed by atoms with Gasteiger partial charge in [0.25, 0.3) is 5.56 Å². The first kappa shape index (κ1) is 11.4. The van der Waals surface area contributed by atoms with Crippen LogP contribution >= 0.6 is 0 Å². The van der Waals surface area contributed by atoms with Crippen molar-refractivity contribution in [3.63, 3.8) is 0 Å². The standard InChI is InChI=1S/C13H20N2O/c1-3-7-15-12-6-4-5-10(12)8-11(9-14-2)13(15)16/h8,14H,3-7,9H2,1-2H3. The van der Waals surface area contributed by atoms with Crippen molar-refractivity contribution in [1.82, 2.24) is 9.88 Å². The van der Waals surface area contributed by atoms with Crippen LogP contribution in [-0.2, 0) is 25.9 Å². The molecule has 0 saturated carbocycles. The average Bonchev–Trinajstić information content (AvgIpc) is 2.72. The minimum atomic E-state index is 0.205. The summed E-state index contributed by atoms with van der Waals surface area (Å²) in [6.07, 6.45) is 4.43. The number of nitrogens with one attached hydrogen (secondary N) is 1. The normalized spacial score (nSPS) is 14.1. The molecule has 1 aromatic rings. The largest absolute Gasteiger partial charge is 0.315 e. The number of fused-ring (bicyclic) bond motifs is 1. The fourth-order valence-electron chi connectivity index (χ4n) is 2.56. The molecule has 3 nitrogen and oxygen atoms in total. The Kier molecular flexibility index (Phi) is 3.44. The summed E-state index contributed by atoms with van der Waals surface area (Å²) in [5.74, 6) is 0. The highest BCUT2D eigenvalue weighted by Gasteiger charge is 2.18. The lowest BCUT2D eigenvalue weighted by Gasteiger charge is -2.13. The first-order valence-electron chi connectivity index (χ1n) is 6.17. The van der Waals surface area contributed by atoms with E-state index in [2.05, 4.69) is 18.3 Å². The van der Waals surface area contributed by atoms with E-state index in [4.69, 9.17) is 0 Å². The van der Waals surface area contributed by atoms with E-state index in [1.165, 1.54) is 17.7 Å². The summed E-state index contributed by atoms with van der Waals surface area (Å²) in [5.41, 5.74) is 3.79. The first-order chi connectivity index (χ1) is 7.77. The topological polar surface area (TPSA) is 34.0 Å². The van der Waals surface area contributed by atoms with Gasteiger partial charge in [0, 0.05) is 24.3 Å². The molecule has 0 fully saturated rings.